The van der Waals surface area contributed by atoms with Gasteiger partial charge in [-0.25, -0.2) is 9.97 Å². The molecule has 3 aromatic heterocycles. The summed E-state index contributed by atoms with van der Waals surface area (Å²) >= 11 is 0. The first-order valence-corrected chi connectivity index (χ1v) is 12.5. The fourth-order valence-corrected chi connectivity index (χ4v) is 7.23. The molecule has 4 unspecified atom stereocenters. The first-order chi connectivity index (χ1) is 17.8. The summed E-state index contributed by atoms with van der Waals surface area (Å²) in [5.41, 5.74) is 4.82. The van der Waals surface area contributed by atoms with E-state index < -0.39 is 11.5 Å². The molecule has 0 bridgehead atoms. The third-order valence-electron chi connectivity index (χ3n) is 8.42. The van der Waals surface area contributed by atoms with Gasteiger partial charge in [0.2, 0.25) is 5.78 Å². The van der Waals surface area contributed by atoms with Crippen molar-refractivity contribution in [3.63, 3.8) is 0 Å². The molecule has 0 saturated carbocycles. The molecule has 2 aromatic carbocycles. The maximum atomic E-state index is 14.5. The predicted molar refractivity (Wildman–Crippen MR) is 133 cm³/mol. The van der Waals surface area contributed by atoms with Gasteiger partial charge in [-0.15, -0.1) is 0 Å². The number of para-hydroxylation sites is 2. The Bertz CT molecular complexity index is 1620. The lowest BCUT2D eigenvalue weighted by atomic mass is 9.70. The van der Waals surface area contributed by atoms with Crippen LogP contribution >= 0.6 is 0 Å². The van der Waals surface area contributed by atoms with Gasteiger partial charge in [0.25, 0.3) is 0 Å². The minimum Gasteiger partial charge on any atom is -0.469 e. The third-order valence-corrected chi connectivity index (χ3v) is 8.42. The van der Waals surface area contributed by atoms with Crippen molar-refractivity contribution in [1.29, 1.82) is 0 Å². The molecule has 3 aliphatic rings. The molecule has 2 aliphatic heterocycles. The maximum absolute atomic E-state index is 14.5. The van der Waals surface area contributed by atoms with Gasteiger partial charge in [0, 0.05) is 17.5 Å². The molecular formula is C30H23N3O3. The highest BCUT2D eigenvalue weighted by molar-refractivity contribution is 5.99. The van der Waals surface area contributed by atoms with Gasteiger partial charge in [-0.3, -0.25) is 9.69 Å². The second kappa shape index (κ2) is 7.24. The van der Waals surface area contributed by atoms with Gasteiger partial charge >= 0.3 is 0 Å². The summed E-state index contributed by atoms with van der Waals surface area (Å²) < 4.78 is 11.7. The standard InChI is InChI=1S/C30H23N3O3/c34-28(24-14-7-17-36-24)26-25(23-13-6-16-35-23)22-12-5-15-33(22)30(26)19-9-2-1-8-18(19)27-29(30)32-21-11-4-3-10-20(21)31-27/h1-4,6-11,13-14,16-17,22,25-26H,5,12,15H2. The highest BCUT2D eigenvalue weighted by atomic mass is 16.3. The number of rotatable bonds is 3. The highest BCUT2D eigenvalue weighted by Gasteiger charge is 2.68. The van der Waals surface area contributed by atoms with Gasteiger partial charge in [-0.2, -0.15) is 0 Å². The summed E-state index contributed by atoms with van der Waals surface area (Å²) in [4.78, 5) is 27.4. The Morgan fingerprint density at radius 3 is 2.47 bits per heavy atom. The zero-order valence-electron chi connectivity index (χ0n) is 19.5. The van der Waals surface area contributed by atoms with E-state index in [1.165, 1.54) is 0 Å². The van der Waals surface area contributed by atoms with Crippen LogP contribution in [-0.2, 0) is 5.54 Å². The van der Waals surface area contributed by atoms with Gasteiger partial charge in [0.1, 0.15) is 11.3 Å². The average Bonchev–Trinajstić information content (AvgIpc) is 3.74. The molecule has 1 spiro atoms. The monoisotopic (exact) mass is 473 g/mol. The number of benzene rings is 2. The molecule has 1 aliphatic carbocycles. The lowest BCUT2D eigenvalue weighted by Crippen LogP contribution is -2.48. The van der Waals surface area contributed by atoms with Gasteiger partial charge in [0.15, 0.2) is 5.76 Å². The fraction of sp³-hybridized carbons (Fsp3) is 0.233. The topological polar surface area (TPSA) is 72.4 Å². The largest absolute Gasteiger partial charge is 0.469 e. The molecular weight excluding hydrogens is 450 g/mol. The van der Waals surface area contributed by atoms with Crippen molar-refractivity contribution in [2.45, 2.75) is 30.3 Å². The van der Waals surface area contributed by atoms with E-state index in [2.05, 4.69) is 23.1 Å². The van der Waals surface area contributed by atoms with Crippen LogP contribution in [0.25, 0.3) is 22.3 Å². The minimum atomic E-state index is -0.758. The van der Waals surface area contributed by atoms with E-state index in [1.807, 2.05) is 42.5 Å². The zero-order chi connectivity index (χ0) is 23.9. The third kappa shape index (κ3) is 2.42. The van der Waals surface area contributed by atoms with Crippen LogP contribution in [0.15, 0.2) is 94.2 Å². The van der Waals surface area contributed by atoms with E-state index in [1.54, 1.807) is 24.7 Å². The molecule has 36 heavy (non-hydrogen) atoms. The molecule has 4 atom stereocenters. The zero-order valence-corrected chi connectivity index (χ0v) is 19.5. The van der Waals surface area contributed by atoms with Gasteiger partial charge in [0.05, 0.1) is 40.9 Å². The second-order valence-corrected chi connectivity index (χ2v) is 9.98. The van der Waals surface area contributed by atoms with E-state index in [0.29, 0.717) is 5.76 Å². The molecule has 0 amide bonds. The normalized spacial score (nSPS) is 26.4. The minimum absolute atomic E-state index is 0.0200. The Hall–Kier alpha value is -4.03. The smallest absolute Gasteiger partial charge is 0.204 e. The number of ketones is 1. The highest BCUT2D eigenvalue weighted by Crippen LogP contribution is 2.65. The number of hydrogen-bond acceptors (Lipinski definition) is 6. The number of aromatic nitrogens is 2. The number of nitrogens with zero attached hydrogens (tertiary/aromatic N) is 3. The number of carbonyl (C=O) groups excluding carboxylic acids is 1. The summed E-state index contributed by atoms with van der Waals surface area (Å²) in [6.07, 6.45) is 5.33. The molecule has 6 nitrogen and oxygen atoms in total. The first kappa shape index (κ1) is 20.2. The Kier molecular flexibility index (Phi) is 4.06. The van der Waals surface area contributed by atoms with Crippen LogP contribution < -0.4 is 0 Å². The molecule has 5 heterocycles. The van der Waals surface area contributed by atoms with Crippen molar-refractivity contribution in [3.05, 3.63) is 108 Å². The number of hydrogen-bond donors (Lipinski definition) is 0. The van der Waals surface area contributed by atoms with Crippen molar-refractivity contribution in [2.24, 2.45) is 5.92 Å². The van der Waals surface area contributed by atoms with Crippen LogP contribution in [0.1, 0.15) is 46.3 Å². The Balaban J connectivity index is 1.49. The van der Waals surface area contributed by atoms with Crippen molar-refractivity contribution >= 4 is 16.8 Å². The van der Waals surface area contributed by atoms with Crippen LogP contribution in [0.4, 0.5) is 0 Å². The molecule has 8 rings (SSSR count). The van der Waals surface area contributed by atoms with E-state index >= 15 is 0 Å². The Morgan fingerprint density at radius 2 is 1.67 bits per heavy atom. The summed E-state index contributed by atoms with van der Waals surface area (Å²) in [5, 5.41) is 0. The second-order valence-electron chi connectivity index (χ2n) is 9.98. The van der Waals surface area contributed by atoms with E-state index in [9.17, 15) is 4.79 Å². The molecule has 0 radical (unpaired) electrons. The fourth-order valence-electron chi connectivity index (χ4n) is 7.23. The average molecular weight is 474 g/mol. The van der Waals surface area contributed by atoms with Crippen LogP contribution in [0.5, 0.6) is 0 Å². The Labute approximate surface area is 207 Å². The summed E-state index contributed by atoms with van der Waals surface area (Å²) in [6, 6.07) is 24.0. The molecule has 176 valence electrons. The molecule has 0 N–H and O–H groups in total. The number of Topliss-reactive ketones (excluding diaryl/α,β-unsaturated/α-hetero) is 1. The quantitative estimate of drug-likeness (QED) is 0.308. The van der Waals surface area contributed by atoms with Gasteiger partial charge in [-0.05, 0) is 61.3 Å². The lowest BCUT2D eigenvalue weighted by Gasteiger charge is -2.39. The van der Waals surface area contributed by atoms with E-state index in [-0.39, 0.29) is 17.7 Å². The summed E-state index contributed by atoms with van der Waals surface area (Å²) in [5.74, 6) is 0.587. The van der Waals surface area contributed by atoms with Crippen molar-refractivity contribution in [2.75, 3.05) is 6.54 Å². The van der Waals surface area contributed by atoms with Crippen molar-refractivity contribution < 1.29 is 13.6 Å². The van der Waals surface area contributed by atoms with Crippen molar-refractivity contribution in [1.82, 2.24) is 14.9 Å². The van der Waals surface area contributed by atoms with Crippen LogP contribution in [0, 0.1) is 5.92 Å². The summed E-state index contributed by atoms with van der Waals surface area (Å²) in [6.45, 7) is 0.881. The predicted octanol–water partition coefficient (Wildman–Crippen LogP) is 5.80. The number of carbonyl (C=O) groups is 1. The van der Waals surface area contributed by atoms with Gasteiger partial charge in [-0.1, -0.05) is 36.4 Å². The number of fused-ring (bicyclic) bond motifs is 8. The van der Waals surface area contributed by atoms with Crippen molar-refractivity contribution in [3.8, 4) is 11.3 Å². The maximum Gasteiger partial charge on any atom is 0.204 e. The molecule has 2 saturated heterocycles. The first-order valence-electron chi connectivity index (χ1n) is 12.5. The Morgan fingerprint density at radius 1 is 0.889 bits per heavy atom. The van der Waals surface area contributed by atoms with Crippen LogP contribution in [0.2, 0.25) is 0 Å². The lowest BCUT2D eigenvalue weighted by molar-refractivity contribution is 0.0749. The van der Waals surface area contributed by atoms with Crippen LogP contribution in [0.3, 0.4) is 0 Å². The molecule has 2 fully saturated rings. The van der Waals surface area contributed by atoms with E-state index in [0.717, 1.165) is 58.7 Å². The SMILES string of the molecule is O=C(c1ccco1)C1C(c2ccco2)C2CCCN2C12c1ccccc1-c1nc3ccccc3nc12. The van der Waals surface area contributed by atoms with Crippen LogP contribution in [-0.4, -0.2) is 33.2 Å². The van der Waals surface area contributed by atoms with E-state index in [4.69, 9.17) is 18.8 Å². The van der Waals surface area contributed by atoms with Gasteiger partial charge < -0.3 is 8.83 Å². The summed E-state index contributed by atoms with van der Waals surface area (Å²) in [7, 11) is 0. The molecule has 6 heteroatoms. The molecule has 5 aromatic rings. The number of furan rings is 2.